The summed E-state index contributed by atoms with van der Waals surface area (Å²) in [5, 5.41) is 5.79. The minimum Gasteiger partial charge on any atom is -0.405 e. The van der Waals surface area contributed by atoms with Crippen molar-refractivity contribution in [3.8, 4) is 16.9 Å². The Labute approximate surface area is 300 Å². The van der Waals surface area contributed by atoms with Crippen molar-refractivity contribution in [3.05, 3.63) is 107 Å². The minimum atomic E-state index is -4.95. The Morgan fingerprint density at radius 1 is 0.827 bits per heavy atom. The number of nitrogens with one attached hydrogen (secondary N) is 2. The number of alkyl halides is 3. The van der Waals surface area contributed by atoms with Crippen LogP contribution in [0.15, 0.2) is 90.3 Å². The molecule has 0 saturated carbocycles. The molecule has 10 nitrogen and oxygen atoms in total. The Kier molecular flexibility index (Phi) is 11.3. The number of hydrogen-bond donors (Lipinski definition) is 2. The van der Waals surface area contributed by atoms with Gasteiger partial charge in [-0.3, -0.25) is 19.3 Å². The summed E-state index contributed by atoms with van der Waals surface area (Å²) in [7, 11) is 0. The van der Waals surface area contributed by atoms with Crippen molar-refractivity contribution < 1.29 is 37.0 Å². The van der Waals surface area contributed by atoms with Crippen LogP contribution in [0.25, 0.3) is 11.1 Å². The quantitative estimate of drug-likeness (QED) is 0.279. The Morgan fingerprint density at radius 2 is 1.48 bits per heavy atom. The fourth-order valence-electron chi connectivity index (χ4n) is 6.58. The maximum absolute atomic E-state index is 13.4. The van der Waals surface area contributed by atoms with E-state index >= 15 is 0 Å². The van der Waals surface area contributed by atoms with Crippen LogP contribution in [-0.2, 0) is 16.1 Å². The molecule has 0 aromatic heterocycles. The fourth-order valence-corrected chi connectivity index (χ4v) is 6.58. The molecule has 1 aliphatic carbocycles. The van der Waals surface area contributed by atoms with Gasteiger partial charge in [0.15, 0.2) is 0 Å². The van der Waals surface area contributed by atoms with Crippen LogP contribution in [0.2, 0.25) is 0 Å². The summed E-state index contributed by atoms with van der Waals surface area (Å²) in [6.45, 7) is 10.3. The molecule has 2 heterocycles. The second-order valence-electron chi connectivity index (χ2n) is 13.2. The number of amides is 3. The lowest BCUT2D eigenvalue weighted by Gasteiger charge is -2.34. The average Bonchev–Trinajstić information content (AvgIpc) is 3.13. The molecule has 2 N–H and O–H groups in total. The average molecular weight is 718 g/mol. The molecule has 3 amide bonds. The van der Waals surface area contributed by atoms with Crippen LogP contribution in [0.4, 0.5) is 18.9 Å². The largest absolute Gasteiger partial charge is 0.573 e. The van der Waals surface area contributed by atoms with Gasteiger partial charge in [0.05, 0.1) is 13.2 Å². The van der Waals surface area contributed by atoms with Crippen molar-refractivity contribution in [1.82, 2.24) is 20.0 Å². The molecule has 0 spiro atoms. The predicted octanol–water partition coefficient (Wildman–Crippen LogP) is 6.04. The summed E-state index contributed by atoms with van der Waals surface area (Å²) >= 11 is 0. The standard InChI is InChI=1S/C39H42F3N5O5/c1-26-23-33(47-19-21-51-22-20-47)12-13-35(26)44-38(50)31-9-14-36(52-39(40,41)42)34(24-31)29-5-7-30(8-6-29)37(49)43-32-10-3-28(4-11-32)25-45-15-17-46(18-16-45)27(2)48/h3-14,24,26H,15-23,25H2,1-2H3,(H,43,49)(H,44,50). The van der Waals surface area contributed by atoms with Gasteiger partial charge in [-0.15, -0.1) is 13.2 Å². The van der Waals surface area contributed by atoms with E-state index < -0.39 is 18.0 Å². The number of morpholine rings is 1. The first-order valence-electron chi connectivity index (χ1n) is 17.3. The van der Waals surface area contributed by atoms with Crippen LogP contribution in [0.1, 0.15) is 46.5 Å². The van der Waals surface area contributed by atoms with Crippen LogP contribution in [0.5, 0.6) is 5.75 Å². The lowest BCUT2D eigenvalue weighted by molar-refractivity contribution is -0.274. The van der Waals surface area contributed by atoms with E-state index in [-0.39, 0.29) is 28.9 Å². The zero-order valence-corrected chi connectivity index (χ0v) is 29.2. The van der Waals surface area contributed by atoms with E-state index in [2.05, 4.69) is 25.2 Å². The van der Waals surface area contributed by atoms with Gasteiger partial charge in [-0.1, -0.05) is 31.2 Å². The summed E-state index contributed by atoms with van der Waals surface area (Å²) in [5.41, 5.74) is 4.40. The molecule has 274 valence electrons. The van der Waals surface area contributed by atoms with Crippen molar-refractivity contribution in [2.75, 3.05) is 57.8 Å². The number of nitrogens with zero attached hydrogens (tertiary/aromatic N) is 3. The second kappa shape index (κ2) is 16.0. The van der Waals surface area contributed by atoms with E-state index in [4.69, 9.17) is 4.74 Å². The summed E-state index contributed by atoms with van der Waals surface area (Å²) in [5.74, 6) is -1.20. The number of piperazine rings is 1. The summed E-state index contributed by atoms with van der Waals surface area (Å²) in [6, 6.07) is 17.4. The molecular formula is C39H42F3N5O5. The molecule has 3 aromatic rings. The minimum absolute atomic E-state index is 0.0246. The highest BCUT2D eigenvalue weighted by Gasteiger charge is 2.33. The fraction of sp³-hybridized carbons (Fsp3) is 0.359. The summed E-state index contributed by atoms with van der Waals surface area (Å²) in [6.07, 6.45) is -0.354. The van der Waals surface area contributed by atoms with Gasteiger partial charge in [0, 0.05) is 92.4 Å². The number of allylic oxidation sites excluding steroid dienone is 4. The highest BCUT2D eigenvalue weighted by molar-refractivity contribution is 6.04. The molecule has 0 bridgehead atoms. The van der Waals surface area contributed by atoms with E-state index in [1.807, 2.05) is 48.2 Å². The highest BCUT2D eigenvalue weighted by atomic mass is 19.4. The monoisotopic (exact) mass is 717 g/mol. The smallest absolute Gasteiger partial charge is 0.405 e. The zero-order chi connectivity index (χ0) is 36.8. The van der Waals surface area contributed by atoms with E-state index in [9.17, 15) is 27.6 Å². The lowest BCUT2D eigenvalue weighted by atomic mass is 9.95. The van der Waals surface area contributed by atoms with Gasteiger partial charge in [0.1, 0.15) is 5.75 Å². The van der Waals surface area contributed by atoms with Gasteiger partial charge in [0.2, 0.25) is 5.91 Å². The Balaban J connectivity index is 1.12. The third-order valence-electron chi connectivity index (χ3n) is 9.54. The number of ether oxygens (including phenoxy) is 2. The number of benzene rings is 3. The number of anilines is 1. The maximum atomic E-state index is 13.4. The normalized spacial score (nSPS) is 18.3. The topological polar surface area (TPSA) is 103 Å². The third kappa shape index (κ3) is 9.39. The number of rotatable bonds is 9. The first-order valence-corrected chi connectivity index (χ1v) is 17.3. The summed E-state index contributed by atoms with van der Waals surface area (Å²) in [4.78, 5) is 44.4. The molecule has 13 heteroatoms. The van der Waals surface area contributed by atoms with Crippen molar-refractivity contribution in [2.45, 2.75) is 33.2 Å². The van der Waals surface area contributed by atoms with Crippen LogP contribution in [0, 0.1) is 5.92 Å². The zero-order valence-electron chi connectivity index (χ0n) is 29.2. The van der Waals surface area contributed by atoms with Crippen molar-refractivity contribution in [3.63, 3.8) is 0 Å². The van der Waals surface area contributed by atoms with Crippen LogP contribution in [-0.4, -0.2) is 91.3 Å². The van der Waals surface area contributed by atoms with E-state index in [1.54, 1.807) is 6.92 Å². The van der Waals surface area contributed by atoms with Gasteiger partial charge >= 0.3 is 6.36 Å². The predicted molar refractivity (Wildman–Crippen MR) is 190 cm³/mol. The van der Waals surface area contributed by atoms with Crippen LogP contribution in [0.3, 0.4) is 0 Å². The number of halogens is 3. The van der Waals surface area contributed by atoms with Crippen molar-refractivity contribution in [1.29, 1.82) is 0 Å². The molecule has 1 unspecified atom stereocenters. The molecule has 6 rings (SSSR count). The molecule has 52 heavy (non-hydrogen) atoms. The maximum Gasteiger partial charge on any atom is 0.573 e. The molecule has 2 saturated heterocycles. The Morgan fingerprint density at radius 3 is 2.12 bits per heavy atom. The second-order valence-corrected chi connectivity index (χ2v) is 13.2. The number of carbonyl (C=O) groups is 3. The molecule has 2 aliphatic heterocycles. The van der Waals surface area contributed by atoms with Gasteiger partial charge in [0.25, 0.3) is 11.8 Å². The molecule has 2 fully saturated rings. The third-order valence-corrected chi connectivity index (χ3v) is 9.54. The van der Waals surface area contributed by atoms with Gasteiger partial charge in [-0.25, -0.2) is 0 Å². The molecule has 1 atom stereocenters. The first-order chi connectivity index (χ1) is 24.9. The van der Waals surface area contributed by atoms with Crippen LogP contribution >= 0.6 is 0 Å². The lowest BCUT2D eigenvalue weighted by Crippen LogP contribution is -2.47. The highest BCUT2D eigenvalue weighted by Crippen LogP contribution is 2.35. The summed E-state index contributed by atoms with van der Waals surface area (Å²) < 4.78 is 49.9. The molecule has 3 aromatic carbocycles. The van der Waals surface area contributed by atoms with Crippen molar-refractivity contribution >= 4 is 23.4 Å². The SMILES string of the molecule is CC(=O)N1CCN(Cc2ccc(NC(=O)c3ccc(-c4cc(C(=O)NC5=CC=C(N6CCOCC6)CC5C)ccc4OC(F)(F)F)cc3)cc2)CC1. The molecule has 0 radical (unpaired) electrons. The van der Waals surface area contributed by atoms with E-state index in [1.165, 1.54) is 42.1 Å². The van der Waals surface area contributed by atoms with Gasteiger partial charge in [-0.2, -0.15) is 0 Å². The van der Waals surface area contributed by atoms with Gasteiger partial charge in [-0.05, 0) is 72.2 Å². The number of carbonyl (C=O) groups excluding carboxylic acids is 3. The number of hydrogen-bond acceptors (Lipinski definition) is 7. The van der Waals surface area contributed by atoms with Crippen molar-refractivity contribution in [2.24, 2.45) is 5.92 Å². The molecule has 3 aliphatic rings. The van der Waals surface area contributed by atoms with E-state index in [0.717, 1.165) is 50.8 Å². The Hall–Kier alpha value is -5.14. The Bertz CT molecular complexity index is 1830. The molecular weight excluding hydrogens is 675 g/mol. The van der Waals surface area contributed by atoms with E-state index in [0.29, 0.717) is 48.8 Å². The van der Waals surface area contributed by atoms with Crippen LogP contribution < -0.4 is 15.4 Å². The van der Waals surface area contributed by atoms with Gasteiger partial charge < -0.3 is 29.9 Å². The first kappa shape index (κ1) is 36.6.